The Labute approximate surface area is 153 Å². The molecule has 6 nitrogen and oxygen atoms in total. The summed E-state index contributed by atoms with van der Waals surface area (Å²) in [5.74, 6) is -1.38. The first-order chi connectivity index (χ1) is 12.4. The molecule has 3 rings (SSSR count). The van der Waals surface area contributed by atoms with Crippen LogP contribution in [0.2, 0.25) is 0 Å². The quantitative estimate of drug-likeness (QED) is 0.454. The number of benzene rings is 1. The molecule has 1 saturated carbocycles. The lowest BCUT2D eigenvalue weighted by Crippen LogP contribution is -2.41. The first-order valence-corrected chi connectivity index (χ1v) is 9.00. The van der Waals surface area contributed by atoms with Crippen molar-refractivity contribution in [1.82, 2.24) is 0 Å². The summed E-state index contributed by atoms with van der Waals surface area (Å²) in [5, 5.41) is 0. The third-order valence-electron chi connectivity index (χ3n) is 4.29. The van der Waals surface area contributed by atoms with Gasteiger partial charge < -0.3 is 18.9 Å². The van der Waals surface area contributed by atoms with Gasteiger partial charge in [-0.15, -0.1) is 0 Å². The third-order valence-corrected chi connectivity index (χ3v) is 4.29. The van der Waals surface area contributed by atoms with Crippen molar-refractivity contribution in [3.63, 3.8) is 0 Å². The van der Waals surface area contributed by atoms with E-state index in [4.69, 9.17) is 18.9 Å². The first-order valence-electron chi connectivity index (χ1n) is 9.00. The smallest absolute Gasteiger partial charge is 0.348 e. The normalized spacial score (nSPS) is 19.7. The molecular formula is C20H24O6. The predicted molar refractivity (Wildman–Crippen MR) is 94.7 cm³/mol. The van der Waals surface area contributed by atoms with Gasteiger partial charge in [0.25, 0.3) is 5.79 Å². The molecule has 1 aliphatic heterocycles. The summed E-state index contributed by atoms with van der Waals surface area (Å²) in [5.41, 5.74) is 0.493. The molecule has 0 aromatic heterocycles. The molecule has 1 saturated heterocycles. The van der Waals surface area contributed by atoms with Crippen molar-refractivity contribution in [2.45, 2.75) is 58.3 Å². The summed E-state index contributed by atoms with van der Waals surface area (Å²) in [6.07, 6.45) is 6.11. The summed E-state index contributed by atoms with van der Waals surface area (Å²) in [7, 11) is 0. The molecule has 6 heteroatoms. The van der Waals surface area contributed by atoms with E-state index in [-0.39, 0.29) is 11.7 Å². The number of hydrogen-bond acceptors (Lipinski definition) is 6. The van der Waals surface area contributed by atoms with E-state index >= 15 is 0 Å². The van der Waals surface area contributed by atoms with Gasteiger partial charge in [-0.25, -0.2) is 9.59 Å². The zero-order valence-electron chi connectivity index (χ0n) is 15.4. The Morgan fingerprint density at radius 1 is 1.12 bits per heavy atom. The predicted octanol–water partition coefficient (Wildman–Crippen LogP) is 3.63. The van der Waals surface area contributed by atoms with E-state index in [0.717, 1.165) is 12.8 Å². The van der Waals surface area contributed by atoms with Gasteiger partial charge in [0, 0.05) is 13.8 Å². The molecule has 140 valence electrons. The summed E-state index contributed by atoms with van der Waals surface area (Å²) in [6.45, 7) is 5.41. The maximum atomic E-state index is 12.1. The maximum Gasteiger partial charge on any atom is 0.348 e. The van der Waals surface area contributed by atoms with Crippen LogP contribution >= 0.6 is 0 Å². The van der Waals surface area contributed by atoms with Crippen molar-refractivity contribution in [2.24, 2.45) is 0 Å². The Hall–Kier alpha value is -2.50. The molecule has 26 heavy (non-hydrogen) atoms. The zero-order chi connectivity index (χ0) is 18.7. The molecule has 1 aliphatic carbocycles. The zero-order valence-corrected chi connectivity index (χ0v) is 15.4. The van der Waals surface area contributed by atoms with E-state index in [1.54, 1.807) is 18.2 Å². The minimum atomic E-state index is -1.25. The van der Waals surface area contributed by atoms with Crippen LogP contribution in [0.3, 0.4) is 0 Å². The lowest BCUT2D eigenvalue weighted by molar-refractivity contribution is -0.222. The molecule has 0 atom stereocenters. The highest BCUT2D eigenvalue weighted by molar-refractivity contribution is 6.18. The second kappa shape index (κ2) is 7.40. The number of hydrogen-bond donors (Lipinski definition) is 0. The van der Waals surface area contributed by atoms with Crippen molar-refractivity contribution < 1.29 is 28.5 Å². The number of rotatable bonds is 5. The molecule has 0 amide bonds. The number of cyclic esters (lactones) is 2. The van der Waals surface area contributed by atoms with Crippen LogP contribution in [0.15, 0.2) is 23.8 Å². The fraction of sp³-hybridized carbons (Fsp3) is 0.500. The van der Waals surface area contributed by atoms with Crippen LogP contribution in [-0.4, -0.2) is 30.4 Å². The maximum absolute atomic E-state index is 12.1. The number of carbonyl (C=O) groups is 2. The molecule has 2 aliphatic rings. The van der Waals surface area contributed by atoms with Crippen molar-refractivity contribution in [1.29, 1.82) is 0 Å². The minimum Gasteiger partial charge on any atom is -0.490 e. The largest absolute Gasteiger partial charge is 0.490 e. The molecule has 0 unspecified atom stereocenters. The van der Waals surface area contributed by atoms with Crippen molar-refractivity contribution in [2.75, 3.05) is 6.61 Å². The third kappa shape index (κ3) is 4.18. The average molecular weight is 360 g/mol. The van der Waals surface area contributed by atoms with E-state index in [1.807, 2.05) is 6.92 Å². The Morgan fingerprint density at radius 3 is 2.38 bits per heavy atom. The molecule has 0 N–H and O–H groups in total. The Bertz CT molecular complexity index is 706. The first kappa shape index (κ1) is 18.3. The SMILES string of the molecule is CCOc1cc(C=C2C(=O)OC(C)(C)OC2=O)ccc1OC1CCCC1. The number of ether oxygens (including phenoxy) is 4. The van der Waals surface area contributed by atoms with Crippen molar-refractivity contribution in [3.05, 3.63) is 29.3 Å². The van der Waals surface area contributed by atoms with Crippen LogP contribution in [-0.2, 0) is 19.1 Å². The van der Waals surface area contributed by atoms with Gasteiger partial charge in [0.1, 0.15) is 5.57 Å². The average Bonchev–Trinajstić information content (AvgIpc) is 3.05. The molecule has 1 aromatic carbocycles. The number of carbonyl (C=O) groups excluding carboxylic acids is 2. The van der Waals surface area contributed by atoms with Crippen LogP contribution in [0.1, 0.15) is 52.0 Å². The van der Waals surface area contributed by atoms with Crippen LogP contribution in [0.25, 0.3) is 6.08 Å². The van der Waals surface area contributed by atoms with Gasteiger partial charge in [-0.05, 0) is 56.4 Å². The van der Waals surface area contributed by atoms with Gasteiger partial charge in [0.2, 0.25) is 0 Å². The second-order valence-electron chi connectivity index (χ2n) is 6.90. The summed E-state index contributed by atoms with van der Waals surface area (Å²) >= 11 is 0. The minimum absolute atomic E-state index is 0.142. The van der Waals surface area contributed by atoms with E-state index in [2.05, 4.69) is 0 Å². The lowest BCUT2D eigenvalue weighted by atomic mass is 10.1. The fourth-order valence-electron chi connectivity index (χ4n) is 3.11. The van der Waals surface area contributed by atoms with Crippen LogP contribution in [0, 0.1) is 0 Å². The summed E-state index contributed by atoms with van der Waals surface area (Å²) in [4.78, 5) is 24.2. The van der Waals surface area contributed by atoms with Gasteiger partial charge in [0.05, 0.1) is 12.7 Å². The Morgan fingerprint density at radius 2 is 1.77 bits per heavy atom. The second-order valence-corrected chi connectivity index (χ2v) is 6.90. The topological polar surface area (TPSA) is 71.1 Å². The molecular weight excluding hydrogens is 336 g/mol. The monoisotopic (exact) mass is 360 g/mol. The molecule has 0 radical (unpaired) electrons. The van der Waals surface area contributed by atoms with Gasteiger partial charge in [-0.2, -0.15) is 0 Å². The van der Waals surface area contributed by atoms with Gasteiger partial charge in [0.15, 0.2) is 11.5 Å². The van der Waals surface area contributed by atoms with Crippen molar-refractivity contribution in [3.8, 4) is 11.5 Å². The van der Waals surface area contributed by atoms with Gasteiger partial charge >= 0.3 is 11.9 Å². The summed E-state index contributed by atoms with van der Waals surface area (Å²) < 4.78 is 21.9. The van der Waals surface area contributed by atoms with Crippen LogP contribution in [0.4, 0.5) is 0 Å². The fourth-order valence-corrected chi connectivity index (χ4v) is 3.11. The molecule has 2 fully saturated rings. The molecule has 0 spiro atoms. The highest BCUT2D eigenvalue weighted by atomic mass is 16.7. The summed E-state index contributed by atoms with van der Waals surface area (Å²) in [6, 6.07) is 5.33. The van der Waals surface area contributed by atoms with E-state index in [9.17, 15) is 9.59 Å². The standard InChI is InChI=1S/C20H24O6/c1-4-23-17-12-13(9-10-16(17)24-14-7-5-6-8-14)11-15-18(21)25-20(2,3)26-19(15)22/h9-12,14H,4-8H2,1-3H3. The van der Waals surface area contributed by atoms with E-state index < -0.39 is 17.7 Å². The number of esters is 2. The van der Waals surface area contributed by atoms with Gasteiger partial charge in [-0.1, -0.05) is 6.07 Å². The Balaban J connectivity index is 1.84. The Kier molecular flexibility index (Phi) is 5.20. The molecule has 1 heterocycles. The van der Waals surface area contributed by atoms with Crippen molar-refractivity contribution >= 4 is 18.0 Å². The van der Waals surface area contributed by atoms with Crippen LogP contribution < -0.4 is 9.47 Å². The van der Waals surface area contributed by atoms with E-state index in [0.29, 0.717) is 23.7 Å². The van der Waals surface area contributed by atoms with Gasteiger partial charge in [-0.3, -0.25) is 0 Å². The molecule has 0 bridgehead atoms. The van der Waals surface area contributed by atoms with E-state index in [1.165, 1.54) is 32.8 Å². The lowest BCUT2D eigenvalue weighted by Gasteiger charge is -2.29. The highest BCUT2D eigenvalue weighted by Gasteiger charge is 2.38. The molecule has 1 aromatic rings. The van der Waals surface area contributed by atoms with Crippen LogP contribution in [0.5, 0.6) is 11.5 Å². The highest BCUT2D eigenvalue weighted by Crippen LogP contribution is 2.34.